The van der Waals surface area contributed by atoms with Gasteiger partial charge in [-0.2, -0.15) is 0 Å². The molecular formula is C28H34N6O2. The van der Waals surface area contributed by atoms with Crippen LogP contribution < -0.4 is 19.9 Å². The first-order valence-electron chi connectivity index (χ1n) is 12.8. The van der Waals surface area contributed by atoms with Gasteiger partial charge in [0.1, 0.15) is 5.75 Å². The van der Waals surface area contributed by atoms with Gasteiger partial charge in [0.15, 0.2) is 0 Å². The van der Waals surface area contributed by atoms with Crippen molar-refractivity contribution in [2.75, 3.05) is 61.5 Å². The predicted molar refractivity (Wildman–Crippen MR) is 143 cm³/mol. The first kappa shape index (κ1) is 24.1. The summed E-state index contributed by atoms with van der Waals surface area (Å²) < 4.78 is 5.34. The number of carbonyl (C=O) groups is 1. The van der Waals surface area contributed by atoms with Crippen LogP contribution in [0.15, 0.2) is 67.0 Å². The Hall–Kier alpha value is -3.65. The number of hydrogen-bond acceptors (Lipinski definition) is 7. The fraction of sp³-hybridized carbons (Fsp3) is 0.393. The number of methoxy groups -OCH3 is 1. The summed E-state index contributed by atoms with van der Waals surface area (Å²) in [5.41, 5.74) is 2.47. The third-order valence-electron chi connectivity index (χ3n) is 7.17. The van der Waals surface area contributed by atoms with Crippen LogP contribution in [-0.4, -0.2) is 73.2 Å². The predicted octanol–water partition coefficient (Wildman–Crippen LogP) is 3.92. The maximum absolute atomic E-state index is 12.8. The Morgan fingerprint density at radius 3 is 2.50 bits per heavy atom. The number of aromatic nitrogens is 2. The molecule has 2 fully saturated rings. The molecule has 0 saturated carbocycles. The number of hydrogen-bond donors (Lipinski definition) is 1. The van der Waals surface area contributed by atoms with E-state index in [2.05, 4.69) is 42.1 Å². The molecule has 36 heavy (non-hydrogen) atoms. The summed E-state index contributed by atoms with van der Waals surface area (Å²) in [5, 5.41) is 3.03. The number of rotatable bonds is 6. The maximum Gasteiger partial charge on any atom is 0.259 e. The molecule has 5 rings (SSSR count). The van der Waals surface area contributed by atoms with Gasteiger partial charge in [-0.1, -0.05) is 18.2 Å². The number of nitrogens with zero attached hydrogens (tertiary/aromatic N) is 5. The average Bonchev–Trinajstić information content (AvgIpc) is 3.20. The summed E-state index contributed by atoms with van der Waals surface area (Å²) in [7, 11) is 1.58. The highest BCUT2D eigenvalue weighted by molar-refractivity contribution is 6.06. The third-order valence-corrected chi connectivity index (χ3v) is 7.17. The first-order valence-corrected chi connectivity index (χ1v) is 12.8. The van der Waals surface area contributed by atoms with Crippen molar-refractivity contribution in [1.82, 2.24) is 14.9 Å². The van der Waals surface area contributed by atoms with E-state index in [1.807, 2.05) is 42.7 Å². The number of anilines is 3. The molecule has 0 bridgehead atoms. The van der Waals surface area contributed by atoms with E-state index in [0.717, 1.165) is 75.9 Å². The van der Waals surface area contributed by atoms with Gasteiger partial charge in [-0.3, -0.25) is 9.69 Å². The minimum Gasteiger partial charge on any atom is -0.496 e. The zero-order chi connectivity index (χ0) is 24.7. The van der Waals surface area contributed by atoms with Crippen LogP contribution in [0.25, 0.3) is 0 Å². The Kier molecular flexibility index (Phi) is 7.61. The topological polar surface area (TPSA) is 73.8 Å². The molecule has 2 aromatic carbocycles. The molecule has 1 aromatic heterocycles. The molecule has 2 saturated heterocycles. The Balaban J connectivity index is 1.16. The summed E-state index contributed by atoms with van der Waals surface area (Å²) in [6, 6.07) is 17.9. The van der Waals surface area contributed by atoms with Crippen LogP contribution in [0.1, 0.15) is 29.6 Å². The zero-order valence-electron chi connectivity index (χ0n) is 20.8. The molecule has 188 valence electrons. The molecule has 8 heteroatoms. The number of ether oxygens (including phenoxy) is 1. The second kappa shape index (κ2) is 11.4. The number of para-hydroxylation sites is 1. The Morgan fingerprint density at radius 1 is 0.889 bits per heavy atom. The van der Waals surface area contributed by atoms with Gasteiger partial charge in [-0.15, -0.1) is 0 Å². The van der Waals surface area contributed by atoms with Crippen LogP contribution in [0.5, 0.6) is 5.75 Å². The number of carbonyl (C=O) groups excluding carboxylic acids is 1. The van der Waals surface area contributed by atoms with Gasteiger partial charge < -0.3 is 19.9 Å². The molecule has 8 nitrogen and oxygen atoms in total. The van der Waals surface area contributed by atoms with E-state index in [-0.39, 0.29) is 5.91 Å². The zero-order valence-corrected chi connectivity index (χ0v) is 20.8. The summed E-state index contributed by atoms with van der Waals surface area (Å²) in [5.74, 6) is 1.24. The van der Waals surface area contributed by atoms with Crippen molar-refractivity contribution in [3.8, 4) is 5.75 Å². The lowest BCUT2D eigenvalue weighted by molar-refractivity contribution is 0.102. The molecule has 1 N–H and O–H groups in total. The van der Waals surface area contributed by atoms with Crippen molar-refractivity contribution in [2.24, 2.45) is 0 Å². The van der Waals surface area contributed by atoms with Gasteiger partial charge in [0.05, 0.1) is 12.7 Å². The van der Waals surface area contributed by atoms with Gasteiger partial charge in [0, 0.05) is 69.1 Å². The minimum atomic E-state index is -0.167. The summed E-state index contributed by atoms with van der Waals surface area (Å²) in [4.78, 5) is 29.1. The molecule has 2 aliphatic heterocycles. The number of piperidine rings is 1. The van der Waals surface area contributed by atoms with E-state index >= 15 is 0 Å². The standard InChI is InChI=1S/C28H34N6O2/c1-36-26-10-3-2-9-25(26)27(35)31-22-7-4-8-24(21-22)33-17-11-23(12-18-33)32-15-6-16-34(20-19-32)28-29-13-5-14-30-28/h2-5,7-10,13-14,21,23H,6,11-12,15-20H2,1H3,(H,31,35). The molecule has 3 aromatic rings. The van der Waals surface area contributed by atoms with Gasteiger partial charge in [0.2, 0.25) is 5.95 Å². The second-order valence-corrected chi connectivity index (χ2v) is 9.35. The van der Waals surface area contributed by atoms with Crippen LogP contribution in [0.3, 0.4) is 0 Å². The van der Waals surface area contributed by atoms with E-state index < -0.39 is 0 Å². The Labute approximate surface area is 212 Å². The van der Waals surface area contributed by atoms with Crippen LogP contribution in [0.4, 0.5) is 17.3 Å². The number of nitrogens with one attached hydrogen (secondary N) is 1. The van der Waals surface area contributed by atoms with Crippen LogP contribution in [-0.2, 0) is 0 Å². The Morgan fingerprint density at radius 2 is 1.69 bits per heavy atom. The number of amides is 1. The normalized spacial score (nSPS) is 17.5. The maximum atomic E-state index is 12.8. The van der Waals surface area contributed by atoms with Crippen molar-refractivity contribution in [1.29, 1.82) is 0 Å². The monoisotopic (exact) mass is 486 g/mol. The highest BCUT2D eigenvalue weighted by Gasteiger charge is 2.27. The van der Waals surface area contributed by atoms with Crippen LogP contribution in [0, 0.1) is 0 Å². The van der Waals surface area contributed by atoms with E-state index in [1.165, 1.54) is 0 Å². The van der Waals surface area contributed by atoms with Crippen molar-refractivity contribution in [2.45, 2.75) is 25.3 Å². The Bertz CT molecular complexity index is 1150. The fourth-order valence-electron chi connectivity index (χ4n) is 5.26. The van der Waals surface area contributed by atoms with Crippen molar-refractivity contribution < 1.29 is 9.53 Å². The summed E-state index contributed by atoms with van der Waals surface area (Å²) in [6.45, 7) is 6.17. The molecule has 0 aliphatic carbocycles. The molecule has 0 atom stereocenters. The number of benzene rings is 2. The third kappa shape index (κ3) is 5.60. The highest BCUT2D eigenvalue weighted by atomic mass is 16.5. The highest BCUT2D eigenvalue weighted by Crippen LogP contribution is 2.27. The lowest BCUT2D eigenvalue weighted by Crippen LogP contribution is -2.46. The molecule has 0 unspecified atom stereocenters. The van der Waals surface area contributed by atoms with Gasteiger partial charge in [-0.25, -0.2) is 9.97 Å². The smallest absolute Gasteiger partial charge is 0.259 e. The van der Waals surface area contributed by atoms with E-state index in [1.54, 1.807) is 19.2 Å². The molecular weight excluding hydrogens is 452 g/mol. The largest absolute Gasteiger partial charge is 0.496 e. The van der Waals surface area contributed by atoms with E-state index in [0.29, 0.717) is 17.4 Å². The first-order chi connectivity index (χ1) is 17.7. The lowest BCUT2D eigenvalue weighted by atomic mass is 10.0. The molecule has 0 spiro atoms. The second-order valence-electron chi connectivity index (χ2n) is 9.35. The summed E-state index contributed by atoms with van der Waals surface area (Å²) in [6.07, 6.45) is 7.05. The molecule has 1 amide bonds. The van der Waals surface area contributed by atoms with Gasteiger partial charge in [-0.05, 0) is 55.7 Å². The lowest BCUT2D eigenvalue weighted by Gasteiger charge is -2.39. The van der Waals surface area contributed by atoms with Crippen LogP contribution >= 0.6 is 0 Å². The van der Waals surface area contributed by atoms with Crippen molar-refractivity contribution >= 4 is 23.2 Å². The summed E-state index contributed by atoms with van der Waals surface area (Å²) >= 11 is 0. The molecule has 3 heterocycles. The van der Waals surface area contributed by atoms with E-state index in [9.17, 15) is 4.79 Å². The van der Waals surface area contributed by atoms with Gasteiger partial charge >= 0.3 is 0 Å². The van der Waals surface area contributed by atoms with Gasteiger partial charge in [0.25, 0.3) is 5.91 Å². The minimum absolute atomic E-state index is 0.167. The fourth-order valence-corrected chi connectivity index (χ4v) is 5.26. The van der Waals surface area contributed by atoms with Crippen molar-refractivity contribution in [3.63, 3.8) is 0 Å². The van der Waals surface area contributed by atoms with Crippen molar-refractivity contribution in [3.05, 3.63) is 72.6 Å². The van der Waals surface area contributed by atoms with E-state index in [4.69, 9.17) is 4.74 Å². The van der Waals surface area contributed by atoms with Crippen LogP contribution in [0.2, 0.25) is 0 Å². The SMILES string of the molecule is COc1ccccc1C(=O)Nc1cccc(N2CCC(N3CCCN(c4ncccn4)CC3)CC2)c1. The average molecular weight is 487 g/mol. The quantitative estimate of drug-likeness (QED) is 0.566. The molecule has 0 radical (unpaired) electrons. The molecule has 2 aliphatic rings.